The molecule has 0 bridgehead atoms. The van der Waals surface area contributed by atoms with Crippen molar-refractivity contribution in [3.63, 3.8) is 0 Å². The molecule has 3 nitrogen and oxygen atoms in total. The summed E-state index contributed by atoms with van der Waals surface area (Å²) in [7, 11) is 0. The lowest BCUT2D eigenvalue weighted by molar-refractivity contribution is -0.135. The number of alkyl halides is 3. The molecule has 6 heteroatoms. The highest BCUT2D eigenvalue weighted by Gasteiger charge is 2.25. The van der Waals surface area contributed by atoms with Crippen molar-refractivity contribution in [1.82, 2.24) is 15.1 Å². The molecule has 16 heavy (non-hydrogen) atoms. The van der Waals surface area contributed by atoms with Gasteiger partial charge < -0.3 is 5.32 Å². The summed E-state index contributed by atoms with van der Waals surface area (Å²) < 4.78 is 37.1. The number of rotatable bonds is 6. The van der Waals surface area contributed by atoms with Crippen LogP contribution in [0.25, 0.3) is 0 Å². The van der Waals surface area contributed by atoms with Crippen LogP contribution in [-0.2, 0) is 6.54 Å². The molecule has 0 aliphatic heterocycles. The second-order valence-electron chi connectivity index (χ2n) is 3.75. The molecule has 0 spiro atoms. The molecule has 1 N–H and O–H groups in total. The molecule has 0 atom stereocenters. The van der Waals surface area contributed by atoms with Crippen LogP contribution in [0, 0.1) is 6.92 Å². The van der Waals surface area contributed by atoms with E-state index in [4.69, 9.17) is 0 Å². The summed E-state index contributed by atoms with van der Waals surface area (Å²) in [5.74, 6) is 0. The lowest BCUT2D eigenvalue weighted by Crippen LogP contribution is -2.22. The molecule has 0 aromatic carbocycles. The van der Waals surface area contributed by atoms with Crippen LogP contribution in [0.1, 0.15) is 18.4 Å². The minimum absolute atomic E-state index is 0.127. The molecule has 1 aromatic rings. The molecule has 92 valence electrons. The first-order valence-corrected chi connectivity index (χ1v) is 5.24. The summed E-state index contributed by atoms with van der Waals surface area (Å²) in [4.78, 5) is 0. The molecule has 0 aliphatic carbocycles. The maximum absolute atomic E-state index is 11.8. The minimum Gasteiger partial charge on any atom is -0.315 e. The number of nitrogens with zero attached hydrogens (tertiary/aromatic N) is 2. The van der Waals surface area contributed by atoms with Gasteiger partial charge in [0.25, 0.3) is 0 Å². The monoisotopic (exact) mass is 235 g/mol. The van der Waals surface area contributed by atoms with Gasteiger partial charge in [-0.15, -0.1) is 0 Å². The number of nitrogens with one attached hydrogen (secondary N) is 1. The zero-order chi connectivity index (χ0) is 12.0. The van der Waals surface area contributed by atoms with Crippen molar-refractivity contribution in [3.8, 4) is 0 Å². The third-order valence-electron chi connectivity index (χ3n) is 2.09. The van der Waals surface area contributed by atoms with Crippen LogP contribution in [0.5, 0.6) is 0 Å². The third kappa shape index (κ3) is 5.75. The van der Waals surface area contributed by atoms with Crippen molar-refractivity contribution in [3.05, 3.63) is 18.0 Å². The number of hydrogen-bond acceptors (Lipinski definition) is 2. The molecule has 0 saturated heterocycles. The van der Waals surface area contributed by atoms with Crippen LogP contribution < -0.4 is 5.32 Å². The van der Waals surface area contributed by atoms with Gasteiger partial charge in [-0.1, -0.05) is 0 Å². The fourth-order valence-electron chi connectivity index (χ4n) is 1.32. The van der Waals surface area contributed by atoms with Crippen molar-refractivity contribution in [2.45, 2.75) is 32.5 Å². The van der Waals surface area contributed by atoms with Gasteiger partial charge in [0, 0.05) is 19.2 Å². The van der Waals surface area contributed by atoms with Crippen molar-refractivity contribution < 1.29 is 13.2 Å². The second kappa shape index (κ2) is 5.89. The third-order valence-corrected chi connectivity index (χ3v) is 2.09. The molecular weight excluding hydrogens is 219 g/mol. The zero-order valence-electron chi connectivity index (χ0n) is 9.22. The molecule has 1 rings (SSSR count). The topological polar surface area (TPSA) is 29.9 Å². The van der Waals surface area contributed by atoms with Crippen LogP contribution in [0.4, 0.5) is 13.2 Å². The summed E-state index contributed by atoms with van der Waals surface area (Å²) in [5.41, 5.74) is 1.08. The molecule has 1 aromatic heterocycles. The van der Waals surface area contributed by atoms with Crippen molar-refractivity contribution in [2.24, 2.45) is 0 Å². The summed E-state index contributed by atoms with van der Waals surface area (Å²) in [6.45, 7) is 3.65. The predicted molar refractivity (Wildman–Crippen MR) is 55.1 cm³/mol. The molecule has 0 radical (unpaired) electrons. The number of aromatic nitrogens is 2. The van der Waals surface area contributed by atoms with Crippen LogP contribution in [0.2, 0.25) is 0 Å². The van der Waals surface area contributed by atoms with E-state index in [-0.39, 0.29) is 6.42 Å². The van der Waals surface area contributed by atoms with E-state index in [0.29, 0.717) is 19.6 Å². The van der Waals surface area contributed by atoms with Gasteiger partial charge in [0.2, 0.25) is 0 Å². The lowest BCUT2D eigenvalue weighted by Gasteiger charge is -2.07. The predicted octanol–water partition coefficient (Wildman–Crippen LogP) is 2.12. The standard InChI is InChI=1S/C10H16F3N3/c1-9-7-15-16(8-9)6-5-14-4-2-3-10(11,12)13/h7-8,14H,2-6H2,1H3. The van der Waals surface area contributed by atoms with Crippen LogP contribution in [0.15, 0.2) is 12.4 Å². The second-order valence-corrected chi connectivity index (χ2v) is 3.75. The van der Waals surface area contributed by atoms with Crippen LogP contribution >= 0.6 is 0 Å². The first-order chi connectivity index (χ1) is 7.47. The van der Waals surface area contributed by atoms with Gasteiger partial charge >= 0.3 is 6.18 Å². The van der Waals surface area contributed by atoms with Crippen molar-refractivity contribution in [2.75, 3.05) is 13.1 Å². The largest absolute Gasteiger partial charge is 0.389 e. The van der Waals surface area contributed by atoms with Gasteiger partial charge in [0.1, 0.15) is 0 Å². The normalized spacial score (nSPS) is 12.0. The Morgan fingerprint density at radius 3 is 2.69 bits per heavy atom. The summed E-state index contributed by atoms with van der Waals surface area (Å²) >= 11 is 0. The summed E-state index contributed by atoms with van der Waals surface area (Å²) in [6.07, 6.45) is -0.982. The molecule has 0 amide bonds. The Kier molecular flexibility index (Phi) is 4.79. The lowest BCUT2D eigenvalue weighted by atomic mass is 10.3. The van der Waals surface area contributed by atoms with E-state index in [1.54, 1.807) is 10.9 Å². The SMILES string of the molecule is Cc1cnn(CCNCCCC(F)(F)F)c1. The highest BCUT2D eigenvalue weighted by Crippen LogP contribution is 2.20. The summed E-state index contributed by atoms with van der Waals surface area (Å²) in [5, 5.41) is 7.02. The Balaban J connectivity index is 2.00. The van der Waals surface area contributed by atoms with Crippen LogP contribution in [-0.4, -0.2) is 29.0 Å². The van der Waals surface area contributed by atoms with E-state index in [2.05, 4.69) is 10.4 Å². The highest BCUT2D eigenvalue weighted by molar-refractivity contribution is 4.99. The molecule has 0 saturated carbocycles. The molecule has 0 aliphatic rings. The fraction of sp³-hybridized carbons (Fsp3) is 0.700. The average Bonchev–Trinajstić information content (AvgIpc) is 2.56. The van der Waals surface area contributed by atoms with Gasteiger partial charge in [-0.3, -0.25) is 4.68 Å². The Morgan fingerprint density at radius 2 is 2.12 bits per heavy atom. The summed E-state index contributed by atoms with van der Waals surface area (Å²) in [6, 6.07) is 0. The molecular formula is C10H16F3N3. The maximum Gasteiger partial charge on any atom is 0.389 e. The van der Waals surface area contributed by atoms with Gasteiger partial charge in [-0.05, 0) is 25.5 Å². The van der Waals surface area contributed by atoms with E-state index in [9.17, 15) is 13.2 Å². The van der Waals surface area contributed by atoms with Gasteiger partial charge in [-0.2, -0.15) is 18.3 Å². The highest BCUT2D eigenvalue weighted by atomic mass is 19.4. The smallest absolute Gasteiger partial charge is 0.315 e. The van der Waals surface area contributed by atoms with Crippen molar-refractivity contribution >= 4 is 0 Å². The van der Waals surface area contributed by atoms with Gasteiger partial charge in [-0.25, -0.2) is 0 Å². The van der Waals surface area contributed by atoms with E-state index >= 15 is 0 Å². The zero-order valence-corrected chi connectivity index (χ0v) is 9.22. The van der Waals surface area contributed by atoms with E-state index < -0.39 is 12.6 Å². The van der Waals surface area contributed by atoms with Crippen LogP contribution in [0.3, 0.4) is 0 Å². The first-order valence-electron chi connectivity index (χ1n) is 5.24. The molecule has 1 heterocycles. The minimum atomic E-state index is -4.04. The fourth-order valence-corrected chi connectivity index (χ4v) is 1.32. The van der Waals surface area contributed by atoms with Gasteiger partial charge in [0.15, 0.2) is 0 Å². The Morgan fingerprint density at radius 1 is 1.38 bits per heavy atom. The average molecular weight is 235 g/mol. The van der Waals surface area contributed by atoms with E-state index in [0.717, 1.165) is 5.56 Å². The van der Waals surface area contributed by atoms with E-state index in [1.165, 1.54) is 0 Å². The van der Waals surface area contributed by atoms with Gasteiger partial charge in [0.05, 0.1) is 12.7 Å². The van der Waals surface area contributed by atoms with Crippen molar-refractivity contribution in [1.29, 1.82) is 0 Å². The number of hydrogen-bond donors (Lipinski definition) is 1. The molecule has 0 fully saturated rings. The first kappa shape index (κ1) is 13.0. The Labute approximate surface area is 92.6 Å². The number of aryl methyl sites for hydroxylation is 1. The quantitative estimate of drug-likeness (QED) is 0.765. The Bertz CT molecular complexity index is 307. The maximum atomic E-state index is 11.8. The molecule has 0 unspecified atom stereocenters. The Hall–Kier alpha value is -1.04. The van der Waals surface area contributed by atoms with E-state index in [1.807, 2.05) is 13.1 Å². The number of halogens is 3.